The summed E-state index contributed by atoms with van der Waals surface area (Å²) in [5, 5.41) is 7.70. The second kappa shape index (κ2) is 9.23. The van der Waals surface area contributed by atoms with E-state index in [1.165, 1.54) is 17.0 Å². The average molecular weight is 491 g/mol. The Balaban J connectivity index is 1.64. The molecule has 7 nitrogen and oxygen atoms in total. The molecule has 2 amide bonds. The normalized spacial score (nSPS) is 15.8. The van der Waals surface area contributed by atoms with E-state index in [1.54, 1.807) is 56.5 Å². The highest BCUT2D eigenvalue weighted by Gasteiger charge is 2.36. The number of ether oxygens (including phenoxy) is 1. The molecule has 1 atom stereocenters. The van der Waals surface area contributed by atoms with E-state index in [-0.39, 0.29) is 17.7 Å². The van der Waals surface area contributed by atoms with E-state index in [1.807, 2.05) is 18.2 Å². The number of benzene rings is 3. The van der Waals surface area contributed by atoms with Crippen LogP contribution in [0.1, 0.15) is 24.4 Å². The van der Waals surface area contributed by atoms with Gasteiger partial charge in [0.1, 0.15) is 11.6 Å². The molecule has 0 radical (unpaired) electrons. The van der Waals surface area contributed by atoms with Crippen LogP contribution in [-0.2, 0) is 0 Å². The third kappa shape index (κ3) is 4.36. The van der Waals surface area contributed by atoms with Crippen molar-refractivity contribution in [3.63, 3.8) is 0 Å². The largest absolute Gasteiger partial charge is 0.497 e. The number of methoxy groups -OCH3 is 1. The van der Waals surface area contributed by atoms with Crippen LogP contribution in [0.5, 0.6) is 5.75 Å². The molecule has 1 unspecified atom stereocenters. The number of hydrogen-bond acceptors (Lipinski definition) is 5. The molecular formula is C26H20ClFN4O3. The lowest BCUT2D eigenvalue weighted by Crippen LogP contribution is -2.46. The van der Waals surface area contributed by atoms with Crippen molar-refractivity contribution in [2.45, 2.75) is 13.0 Å². The molecule has 3 aromatic carbocycles. The number of nitrogens with one attached hydrogen (secondary N) is 1. The molecule has 0 saturated carbocycles. The van der Waals surface area contributed by atoms with E-state index in [2.05, 4.69) is 15.5 Å². The minimum atomic E-state index is -0.634. The zero-order valence-electron chi connectivity index (χ0n) is 18.8. The van der Waals surface area contributed by atoms with Gasteiger partial charge in [-0.05, 0) is 61.0 Å². The number of aromatic nitrogens is 2. The first-order chi connectivity index (χ1) is 16.9. The fraction of sp³-hybridized carbons (Fsp3) is 0.115. The number of allylic oxidation sites excluding steroid dienone is 1. The molecule has 1 aliphatic heterocycles. The van der Waals surface area contributed by atoms with Gasteiger partial charge in [-0.1, -0.05) is 41.0 Å². The first kappa shape index (κ1) is 22.6. The van der Waals surface area contributed by atoms with Crippen molar-refractivity contribution in [3.8, 4) is 17.1 Å². The van der Waals surface area contributed by atoms with Gasteiger partial charge in [0, 0.05) is 16.3 Å². The van der Waals surface area contributed by atoms with Crippen LogP contribution in [-0.4, -0.2) is 23.3 Å². The van der Waals surface area contributed by atoms with Crippen molar-refractivity contribution >= 4 is 28.9 Å². The molecule has 0 spiro atoms. The molecule has 2 heterocycles. The maximum Gasteiger partial charge on any atom is 0.326 e. The van der Waals surface area contributed by atoms with Crippen molar-refractivity contribution in [1.29, 1.82) is 0 Å². The number of anilines is 1. The van der Waals surface area contributed by atoms with Gasteiger partial charge in [-0.15, -0.1) is 0 Å². The number of carbonyl (C=O) groups is 1. The summed E-state index contributed by atoms with van der Waals surface area (Å²) in [6.45, 7) is 1.80. The molecule has 9 heteroatoms. The van der Waals surface area contributed by atoms with Crippen LogP contribution < -0.4 is 15.0 Å². The van der Waals surface area contributed by atoms with E-state index in [4.69, 9.17) is 20.9 Å². The Morgan fingerprint density at radius 2 is 1.83 bits per heavy atom. The summed E-state index contributed by atoms with van der Waals surface area (Å²) in [5.74, 6) is 0.881. The zero-order chi connectivity index (χ0) is 24.5. The molecule has 0 aliphatic carbocycles. The molecular weight excluding hydrogens is 471 g/mol. The molecule has 0 saturated heterocycles. The van der Waals surface area contributed by atoms with E-state index < -0.39 is 6.04 Å². The zero-order valence-corrected chi connectivity index (χ0v) is 19.6. The monoisotopic (exact) mass is 490 g/mol. The van der Waals surface area contributed by atoms with Crippen LogP contribution in [0, 0.1) is 5.82 Å². The summed E-state index contributed by atoms with van der Waals surface area (Å²) >= 11 is 6.04. The number of rotatable bonds is 5. The topological polar surface area (TPSA) is 80.5 Å². The molecule has 0 bridgehead atoms. The second-order valence-corrected chi connectivity index (χ2v) is 8.34. The molecule has 1 N–H and O–H groups in total. The quantitative estimate of drug-likeness (QED) is 0.358. The van der Waals surface area contributed by atoms with Crippen LogP contribution in [0.4, 0.5) is 14.9 Å². The number of carbonyl (C=O) groups excluding carboxylic acids is 1. The third-order valence-corrected chi connectivity index (χ3v) is 6.01. The Morgan fingerprint density at radius 1 is 1.09 bits per heavy atom. The smallest absolute Gasteiger partial charge is 0.326 e. The number of hydrogen-bond donors (Lipinski definition) is 1. The summed E-state index contributed by atoms with van der Waals surface area (Å²) < 4.78 is 24.6. The van der Waals surface area contributed by atoms with Gasteiger partial charge in [0.05, 0.1) is 24.4 Å². The standard InChI is InChI=1S/C26H20ClFN4O3/c1-15-22(25-30-24(31-35-25)17-4-3-5-21(14-17)34-2)23(16-6-10-19(28)11-7-16)29-26(33)32(15)20-12-8-18(27)9-13-20/h3-14,23H,1-2H3,(H,29,33). The van der Waals surface area contributed by atoms with Gasteiger partial charge in [-0.2, -0.15) is 4.98 Å². The molecule has 176 valence electrons. The fourth-order valence-corrected chi connectivity index (χ4v) is 4.16. The number of halogens is 2. The van der Waals surface area contributed by atoms with Gasteiger partial charge in [-0.3, -0.25) is 4.90 Å². The molecule has 5 rings (SSSR count). The number of nitrogens with zero attached hydrogens (tertiary/aromatic N) is 3. The minimum Gasteiger partial charge on any atom is -0.497 e. The van der Waals surface area contributed by atoms with Crippen LogP contribution in [0.2, 0.25) is 5.02 Å². The molecule has 4 aromatic rings. The molecule has 1 aliphatic rings. The van der Waals surface area contributed by atoms with Crippen molar-refractivity contribution in [2.24, 2.45) is 0 Å². The van der Waals surface area contributed by atoms with E-state index in [0.29, 0.717) is 44.7 Å². The summed E-state index contributed by atoms with van der Waals surface area (Å²) in [6.07, 6.45) is 0. The SMILES string of the molecule is COc1cccc(-c2noc(C3=C(C)N(c4ccc(Cl)cc4)C(=O)NC3c3ccc(F)cc3)n2)c1. The van der Waals surface area contributed by atoms with Crippen LogP contribution >= 0.6 is 11.6 Å². The first-order valence-electron chi connectivity index (χ1n) is 10.8. The summed E-state index contributed by atoms with van der Waals surface area (Å²) in [4.78, 5) is 19.3. The van der Waals surface area contributed by atoms with Crippen molar-refractivity contribution in [1.82, 2.24) is 15.5 Å². The Morgan fingerprint density at radius 3 is 2.54 bits per heavy atom. The Kier molecular flexibility index (Phi) is 5.96. The first-order valence-corrected chi connectivity index (χ1v) is 11.1. The van der Waals surface area contributed by atoms with Gasteiger partial charge < -0.3 is 14.6 Å². The number of amides is 2. The molecule has 0 fully saturated rings. The fourth-order valence-electron chi connectivity index (χ4n) is 4.04. The molecule has 35 heavy (non-hydrogen) atoms. The highest BCUT2D eigenvalue weighted by Crippen LogP contribution is 2.39. The maximum absolute atomic E-state index is 13.6. The second-order valence-electron chi connectivity index (χ2n) is 7.90. The van der Waals surface area contributed by atoms with Crippen molar-refractivity contribution in [3.05, 3.63) is 101 Å². The third-order valence-electron chi connectivity index (χ3n) is 5.76. The maximum atomic E-state index is 13.6. The minimum absolute atomic E-state index is 0.230. The summed E-state index contributed by atoms with van der Waals surface area (Å²) in [7, 11) is 1.58. The van der Waals surface area contributed by atoms with Crippen LogP contribution in [0.25, 0.3) is 17.0 Å². The highest BCUT2D eigenvalue weighted by molar-refractivity contribution is 6.30. The van der Waals surface area contributed by atoms with E-state index >= 15 is 0 Å². The number of urea groups is 1. The van der Waals surface area contributed by atoms with Crippen molar-refractivity contribution in [2.75, 3.05) is 12.0 Å². The van der Waals surface area contributed by atoms with Gasteiger partial charge >= 0.3 is 6.03 Å². The van der Waals surface area contributed by atoms with Crippen molar-refractivity contribution < 1.29 is 18.4 Å². The Bertz CT molecular complexity index is 1420. The van der Waals surface area contributed by atoms with Gasteiger partial charge in [0.25, 0.3) is 5.89 Å². The van der Waals surface area contributed by atoms with Gasteiger partial charge in [0.2, 0.25) is 5.82 Å². The van der Waals surface area contributed by atoms with Gasteiger partial charge in [0.15, 0.2) is 0 Å². The molecule has 1 aromatic heterocycles. The summed E-state index contributed by atoms with van der Waals surface area (Å²) in [6, 6.07) is 19.1. The van der Waals surface area contributed by atoms with Crippen LogP contribution in [0.15, 0.2) is 83.0 Å². The van der Waals surface area contributed by atoms with Gasteiger partial charge in [-0.25, -0.2) is 9.18 Å². The Hall–Kier alpha value is -4.17. The lowest BCUT2D eigenvalue weighted by atomic mass is 9.94. The van der Waals surface area contributed by atoms with Crippen LogP contribution in [0.3, 0.4) is 0 Å². The predicted octanol–water partition coefficient (Wildman–Crippen LogP) is 6.24. The highest BCUT2D eigenvalue weighted by atomic mass is 35.5. The summed E-state index contributed by atoms with van der Waals surface area (Å²) in [5.41, 5.74) is 3.18. The lowest BCUT2D eigenvalue weighted by molar-refractivity contribution is 0.244. The van der Waals surface area contributed by atoms with E-state index in [0.717, 1.165) is 0 Å². The average Bonchev–Trinajstić information content (AvgIpc) is 3.35. The van der Waals surface area contributed by atoms with E-state index in [9.17, 15) is 9.18 Å². The Labute approximate surface area is 205 Å². The lowest BCUT2D eigenvalue weighted by Gasteiger charge is -2.35. The predicted molar refractivity (Wildman–Crippen MR) is 130 cm³/mol.